The van der Waals surface area contributed by atoms with Crippen molar-refractivity contribution in [3.05, 3.63) is 59.9 Å². The molecule has 0 aromatic heterocycles. The Hall–Kier alpha value is -2.42. The Morgan fingerprint density at radius 3 is 1.95 bits per heavy atom. The van der Waals surface area contributed by atoms with Crippen molar-refractivity contribution in [1.29, 1.82) is 0 Å². The molecular formula is C17H18O3. The molecule has 20 heavy (non-hydrogen) atoms. The van der Waals surface area contributed by atoms with Crippen LogP contribution >= 0.6 is 0 Å². The van der Waals surface area contributed by atoms with Gasteiger partial charge >= 0.3 is 0 Å². The molecule has 0 heterocycles. The highest BCUT2D eigenvalue weighted by molar-refractivity contribution is 5.54. The molecule has 104 valence electrons. The molecule has 0 bridgehead atoms. The first kappa shape index (κ1) is 14.0. The zero-order valence-electron chi connectivity index (χ0n) is 11.9. The summed E-state index contributed by atoms with van der Waals surface area (Å²) in [5.41, 5.74) is 2.16. The van der Waals surface area contributed by atoms with Crippen LogP contribution in [0.4, 0.5) is 0 Å². The molecule has 2 aromatic carbocycles. The topological polar surface area (TPSA) is 27.7 Å². The number of hydrogen-bond acceptors (Lipinski definition) is 3. The second kappa shape index (κ2) is 6.66. The first-order valence-electron chi connectivity index (χ1n) is 6.34. The molecule has 0 N–H and O–H groups in total. The van der Waals surface area contributed by atoms with Crippen molar-refractivity contribution in [1.82, 2.24) is 0 Å². The first-order chi connectivity index (χ1) is 9.71. The summed E-state index contributed by atoms with van der Waals surface area (Å²) in [5, 5.41) is 0. The number of ether oxygens (including phenoxy) is 3. The fraction of sp³-hybridized carbons (Fsp3) is 0.176. The lowest BCUT2D eigenvalue weighted by atomic mass is 10.2. The van der Waals surface area contributed by atoms with Gasteiger partial charge in [-0.1, -0.05) is 17.7 Å². The molecule has 0 aliphatic heterocycles. The summed E-state index contributed by atoms with van der Waals surface area (Å²) in [6.45, 7) is 2.04. The quantitative estimate of drug-likeness (QED) is 0.767. The highest BCUT2D eigenvalue weighted by Crippen LogP contribution is 2.23. The van der Waals surface area contributed by atoms with E-state index in [0.29, 0.717) is 0 Å². The molecule has 0 fully saturated rings. The fourth-order valence-electron chi connectivity index (χ4n) is 1.73. The molecular weight excluding hydrogens is 252 g/mol. The molecule has 3 heteroatoms. The van der Waals surface area contributed by atoms with Gasteiger partial charge in [0.05, 0.1) is 20.5 Å². The zero-order chi connectivity index (χ0) is 14.4. The van der Waals surface area contributed by atoms with E-state index in [-0.39, 0.29) is 0 Å². The van der Waals surface area contributed by atoms with Crippen LogP contribution in [0.3, 0.4) is 0 Å². The van der Waals surface area contributed by atoms with Gasteiger partial charge in [-0.05, 0) is 42.8 Å². The summed E-state index contributed by atoms with van der Waals surface area (Å²) >= 11 is 0. The lowest BCUT2D eigenvalue weighted by Gasteiger charge is -2.06. The van der Waals surface area contributed by atoms with E-state index in [9.17, 15) is 0 Å². The van der Waals surface area contributed by atoms with Crippen LogP contribution in [0.2, 0.25) is 0 Å². The van der Waals surface area contributed by atoms with Gasteiger partial charge in [-0.25, -0.2) is 0 Å². The zero-order valence-corrected chi connectivity index (χ0v) is 11.9. The third kappa shape index (κ3) is 3.79. The summed E-state index contributed by atoms with van der Waals surface area (Å²) < 4.78 is 16.0. The van der Waals surface area contributed by atoms with Gasteiger partial charge < -0.3 is 14.2 Å². The summed E-state index contributed by atoms with van der Waals surface area (Å²) in [6.07, 6.45) is 3.52. The molecule has 2 rings (SSSR count). The monoisotopic (exact) mass is 270 g/mol. The van der Waals surface area contributed by atoms with Gasteiger partial charge in [-0.2, -0.15) is 0 Å². The first-order valence-corrected chi connectivity index (χ1v) is 6.34. The van der Waals surface area contributed by atoms with E-state index in [0.717, 1.165) is 22.8 Å². The predicted molar refractivity (Wildman–Crippen MR) is 80.4 cm³/mol. The summed E-state index contributed by atoms with van der Waals surface area (Å²) in [5.74, 6) is 2.31. The van der Waals surface area contributed by atoms with Crippen molar-refractivity contribution >= 4 is 6.08 Å². The van der Waals surface area contributed by atoms with Gasteiger partial charge in [0.2, 0.25) is 0 Å². The van der Waals surface area contributed by atoms with Crippen molar-refractivity contribution in [2.24, 2.45) is 0 Å². The van der Waals surface area contributed by atoms with Gasteiger partial charge in [0.25, 0.3) is 0 Å². The molecule has 2 aromatic rings. The van der Waals surface area contributed by atoms with Crippen molar-refractivity contribution in [3.8, 4) is 17.2 Å². The summed E-state index contributed by atoms with van der Waals surface area (Å²) in [6, 6.07) is 13.6. The minimum absolute atomic E-state index is 0.749. The normalized spacial score (nSPS) is 10.6. The van der Waals surface area contributed by atoms with Crippen molar-refractivity contribution in [3.63, 3.8) is 0 Å². The molecule has 0 aliphatic carbocycles. The van der Waals surface area contributed by atoms with Crippen LogP contribution < -0.4 is 14.2 Å². The van der Waals surface area contributed by atoms with Crippen molar-refractivity contribution in [2.75, 3.05) is 14.2 Å². The van der Waals surface area contributed by atoms with Crippen LogP contribution in [0, 0.1) is 6.92 Å². The van der Waals surface area contributed by atoms with Gasteiger partial charge in [-0.3, -0.25) is 0 Å². The number of methoxy groups -OCH3 is 2. The van der Waals surface area contributed by atoms with E-state index < -0.39 is 0 Å². The molecule has 0 unspecified atom stereocenters. The molecule has 0 spiro atoms. The highest BCUT2D eigenvalue weighted by atomic mass is 16.5. The number of aryl methyl sites for hydroxylation is 1. The smallest absolute Gasteiger partial charge is 0.126 e. The van der Waals surface area contributed by atoms with E-state index in [1.165, 1.54) is 5.56 Å². The summed E-state index contributed by atoms with van der Waals surface area (Å²) in [7, 11) is 3.26. The Morgan fingerprint density at radius 1 is 0.800 bits per heavy atom. The van der Waals surface area contributed by atoms with E-state index in [2.05, 4.69) is 0 Å². The van der Waals surface area contributed by atoms with Crippen LogP contribution in [0.5, 0.6) is 17.2 Å². The Balaban J connectivity index is 2.08. The van der Waals surface area contributed by atoms with Crippen LogP contribution in [0.1, 0.15) is 11.1 Å². The Morgan fingerprint density at radius 2 is 1.40 bits per heavy atom. The Bertz CT molecular complexity index is 563. The predicted octanol–water partition coefficient (Wildman–Crippen LogP) is 4.06. The van der Waals surface area contributed by atoms with Gasteiger partial charge in [-0.15, -0.1) is 0 Å². The summed E-state index contributed by atoms with van der Waals surface area (Å²) in [4.78, 5) is 0. The minimum atomic E-state index is 0.749. The maximum absolute atomic E-state index is 5.55. The third-order valence-electron chi connectivity index (χ3n) is 2.86. The Kier molecular flexibility index (Phi) is 4.66. The molecule has 3 nitrogen and oxygen atoms in total. The largest absolute Gasteiger partial charge is 0.497 e. The molecule has 0 amide bonds. The minimum Gasteiger partial charge on any atom is -0.497 e. The van der Waals surface area contributed by atoms with Gasteiger partial charge in [0.1, 0.15) is 17.2 Å². The second-order valence-corrected chi connectivity index (χ2v) is 4.38. The molecule has 0 saturated carbocycles. The van der Waals surface area contributed by atoms with Gasteiger partial charge in [0.15, 0.2) is 0 Å². The van der Waals surface area contributed by atoms with E-state index in [4.69, 9.17) is 14.2 Å². The average molecular weight is 270 g/mol. The second-order valence-electron chi connectivity index (χ2n) is 4.38. The Labute approximate surface area is 119 Å². The van der Waals surface area contributed by atoms with E-state index in [1.54, 1.807) is 20.5 Å². The van der Waals surface area contributed by atoms with Crippen LogP contribution in [-0.2, 0) is 0 Å². The van der Waals surface area contributed by atoms with E-state index >= 15 is 0 Å². The SMILES string of the molecule is COc1cc(/C=C/Oc2ccc(C)cc2)cc(OC)c1. The molecule has 0 atom stereocenters. The highest BCUT2D eigenvalue weighted by Gasteiger charge is 1.99. The van der Waals surface area contributed by atoms with Crippen molar-refractivity contribution < 1.29 is 14.2 Å². The maximum atomic E-state index is 5.55. The third-order valence-corrected chi connectivity index (χ3v) is 2.86. The average Bonchev–Trinajstić information content (AvgIpc) is 2.49. The fourth-order valence-corrected chi connectivity index (χ4v) is 1.73. The van der Waals surface area contributed by atoms with Crippen LogP contribution in [0.25, 0.3) is 6.08 Å². The van der Waals surface area contributed by atoms with E-state index in [1.807, 2.05) is 55.5 Å². The van der Waals surface area contributed by atoms with Gasteiger partial charge in [0, 0.05) is 6.07 Å². The molecule has 0 saturated heterocycles. The number of rotatable bonds is 5. The molecule has 0 aliphatic rings. The maximum Gasteiger partial charge on any atom is 0.126 e. The standard InChI is InChI=1S/C17H18O3/c1-13-4-6-15(7-5-13)20-9-8-14-10-16(18-2)12-17(11-14)19-3/h4-12H,1-3H3/b9-8+. The number of hydrogen-bond donors (Lipinski definition) is 0. The molecule has 0 radical (unpaired) electrons. The lowest BCUT2D eigenvalue weighted by Crippen LogP contribution is -1.88. The van der Waals surface area contributed by atoms with Crippen molar-refractivity contribution in [2.45, 2.75) is 6.92 Å². The number of benzene rings is 2. The van der Waals surface area contributed by atoms with Crippen LogP contribution in [-0.4, -0.2) is 14.2 Å². The van der Waals surface area contributed by atoms with Crippen LogP contribution in [0.15, 0.2) is 48.7 Å². The lowest BCUT2D eigenvalue weighted by molar-refractivity contribution is 0.394.